The molecule has 0 amide bonds. The van der Waals surface area contributed by atoms with Crippen LogP contribution in [0.2, 0.25) is 0 Å². The van der Waals surface area contributed by atoms with E-state index < -0.39 is 0 Å². The second-order valence-corrected chi connectivity index (χ2v) is 4.44. The van der Waals surface area contributed by atoms with Crippen LogP contribution in [0, 0.1) is 13.8 Å². The molecule has 0 aliphatic heterocycles. The normalized spacial score (nSPS) is 11.0. The number of carbonyl (C=O) groups is 1. The Kier molecular flexibility index (Phi) is 2.33. The summed E-state index contributed by atoms with van der Waals surface area (Å²) in [5.74, 6) is 1.05. The van der Waals surface area contributed by atoms with Crippen LogP contribution in [0.1, 0.15) is 27.4 Å². The van der Waals surface area contributed by atoms with Crippen molar-refractivity contribution < 1.29 is 9.21 Å². The van der Waals surface area contributed by atoms with Gasteiger partial charge in [0.25, 0.3) is 0 Å². The summed E-state index contributed by atoms with van der Waals surface area (Å²) in [6, 6.07) is 9.45. The Hall–Kier alpha value is -2.29. The fourth-order valence-electron chi connectivity index (χ4n) is 2.24. The number of carbonyl (C=O) groups excluding carboxylic acids is 1. The molecule has 0 saturated carbocycles. The highest BCUT2D eigenvalue weighted by Crippen LogP contribution is 2.24. The minimum atomic E-state index is -0.0800. The highest BCUT2D eigenvalue weighted by atomic mass is 16.3. The number of H-pyrrole nitrogens is 1. The minimum Gasteiger partial charge on any atom is -0.458 e. The summed E-state index contributed by atoms with van der Waals surface area (Å²) in [7, 11) is 0. The minimum absolute atomic E-state index is 0.0800. The number of aromatic amines is 1. The zero-order chi connectivity index (χ0) is 12.7. The summed E-state index contributed by atoms with van der Waals surface area (Å²) in [5.41, 5.74) is 2.72. The maximum absolute atomic E-state index is 12.4. The summed E-state index contributed by atoms with van der Waals surface area (Å²) in [6.45, 7) is 3.83. The van der Waals surface area contributed by atoms with Gasteiger partial charge in [-0.15, -0.1) is 0 Å². The molecule has 2 aromatic heterocycles. The zero-order valence-electron chi connectivity index (χ0n) is 10.3. The molecule has 0 saturated heterocycles. The summed E-state index contributed by atoms with van der Waals surface area (Å²) in [4.78, 5) is 15.5. The van der Waals surface area contributed by atoms with Gasteiger partial charge in [-0.05, 0) is 37.6 Å². The van der Waals surface area contributed by atoms with E-state index in [9.17, 15) is 4.79 Å². The number of aryl methyl sites for hydroxylation is 2. The van der Waals surface area contributed by atoms with Crippen LogP contribution >= 0.6 is 0 Å². The Bertz CT molecular complexity index is 734. The molecule has 3 nitrogen and oxygen atoms in total. The SMILES string of the molecule is Cc1ccc(C(=O)c2c[nH]c3cccc(C)c23)o1. The monoisotopic (exact) mass is 239 g/mol. The first kappa shape index (κ1) is 10.8. The zero-order valence-corrected chi connectivity index (χ0v) is 10.3. The third-order valence-corrected chi connectivity index (χ3v) is 3.12. The molecule has 0 spiro atoms. The predicted octanol–water partition coefficient (Wildman–Crippen LogP) is 3.61. The van der Waals surface area contributed by atoms with Crippen LogP contribution in [0.25, 0.3) is 10.9 Å². The Labute approximate surface area is 104 Å². The van der Waals surface area contributed by atoms with Gasteiger partial charge in [-0.3, -0.25) is 4.79 Å². The van der Waals surface area contributed by atoms with Gasteiger partial charge in [0.2, 0.25) is 5.78 Å². The smallest absolute Gasteiger partial charge is 0.230 e. The summed E-state index contributed by atoms with van der Waals surface area (Å²) in [6.07, 6.45) is 1.75. The molecule has 3 heteroatoms. The maximum Gasteiger partial charge on any atom is 0.230 e. The Balaban J connectivity index is 2.18. The molecule has 0 aliphatic rings. The number of hydrogen-bond donors (Lipinski definition) is 1. The first-order valence-electron chi connectivity index (χ1n) is 5.84. The Morgan fingerprint density at radius 2 is 2.00 bits per heavy atom. The molecule has 0 bridgehead atoms. The van der Waals surface area contributed by atoms with E-state index in [0.29, 0.717) is 11.3 Å². The lowest BCUT2D eigenvalue weighted by atomic mass is 10.0. The second kappa shape index (κ2) is 3.88. The highest BCUT2D eigenvalue weighted by molar-refractivity contribution is 6.15. The lowest BCUT2D eigenvalue weighted by Crippen LogP contribution is -1.98. The second-order valence-electron chi connectivity index (χ2n) is 4.44. The summed E-state index contributed by atoms with van der Waals surface area (Å²) >= 11 is 0. The van der Waals surface area contributed by atoms with Gasteiger partial charge in [0.15, 0.2) is 5.76 Å². The van der Waals surface area contributed by atoms with Crippen molar-refractivity contribution in [3.8, 4) is 0 Å². The maximum atomic E-state index is 12.4. The molecule has 0 radical (unpaired) electrons. The number of aromatic nitrogens is 1. The summed E-state index contributed by atoms with van der Waals surface area (Å²) < 4.78 is 5.39. The molecule has 1 N–H and O–H groups in total. The highest BCUT2D eigenvalue weighted by Gasteiger charge is 2.17. The van der Waals surface area contributed by atoms with Crippen molar-refractivity contribution in [1.82, 2.24) is 4.98 Å². The third kappa shape index (κ3) is 1.56. The molecule has 90 valence electrons. The van der Waals surface area contributed by atoms with Crippen LogP contribution in [0.15, 0.2) is 40.9 Å². The van der Waals surface area contributed by atoms with E-state index in [1.807, 2.05) is 32.0 Å². The Morgan fingerprint density at radius 1 is 1.17 bits per heavy atom. The largest absolute Gasteiger partial charge is 0.458 e. The lowest BCUT2D eigenvalue weighted by molar-refractivity contribution is 0.101. The molecule has 0 aliphatic carbocycles. The van der Waals surface area contributed by atoms with Crippen molar-refractivity contribution in [2.75, 3.05) is 0 Å². The van der Waals surface area contributed by atoms with Gasteiger partial charge < -0.3 is 9.40 Å². The number of fused-ring (bicyclic) bond motifs is 1. The number of ketones is 1. The number of rotatable bonds is 2. The molecular formula is C15H13NO2. The first-order valence-corrected chi connectivity index (χ1v) is 5.84. The van der Waals surface area contributed by atoms with E-state index in [0.717, 1.165) is 22.2 Å². The van der Waals surface area contributed by atoms with Crippen molar-refractivity contribution in [2.45, 2.75) is 13.8 Å². The van der Waals surface area contributed by atoms with Gasteiger partial charge in [-0.2, -0.15) is 0 Å². The molecule has 2 heterocycles. The van der Waals surface area contributed by atoms with Crippen LogP contribution < -0.4 is 0 Å². The van der Waals surface area contributed by atoms with Gasteiger partial charge in [-0.1, -0.05) is 12.1 Å². The topological polar surface area (TPSA) is 46.0 Å². The van der Waals surface area contributed by atoms with Crippen molar-refractivity contribution in [2.24, 2.45) is 0 Å². The van der Waals surface area contributed by atoms with Gasteiger partial charge in [-0.25, -0.2) is 0 Å². The fraction of sp³-hybridized carbons (Fsp3) is 0.133. The van der Waals surface area contributed by atoms with E-state index in [-0.39, 0.29) is 5.78 Å². The molecule has 1 aromatic carbocycles. The number of hydrogen-bond acceptors (Lipinski definition) is 2. The average molecular weight is 239 g/mol. The van der Waals surface area contributed by atoms with Crippen LogP contribution in [-0.2, 0) is 0 Å². The molecule has 3 aromatic rings. The van der Waals surface area contributed by atoms with Crippen LogP contribution in [-0.4, -0.2) is 10.8 Å². The first-order chi connectivity index (χ1) is 8.66. The van der Waals surface area contributed by atoms with Gasteiger partial charge in [0.1, 0.15) is 5.76 Å². The van der Waals surface area contributed by atoms with Crippen molar-refractivity contribution >= 4 is 16.7 Å². The van der Waals surface area contributed by atoms with Gasteiger partial charge in [0, 0.05) is 17.1 Å². The molecule has 0 fully saturated rings. The van der Waals surface area contributed by atoms with E-state index >= 15 is 0 Å². The molecular weight excluding hydrogens is 226 g/mol. The molecule has 0 unspecified atom stereocenters. The quantitative estimate of drug-likeness (QED) is 0.694. The van der Waals surface area contributed by atoms with Crippen molar-refractivity contribution in [1.29, 1.82) is 0 Å². The van der Waals surface area contributed by atoms with E-state index in [4.69, 9.17) is 4.42 Å². The number of nitrogens with one attached hydrogen (secondary N) is 1. The molecule has 3 rings (SSSR count). The lowest BCUT2D eigenvalue weighted by Gasteiger charge is -1.99. The Morgan fingerprint density at radius 3 is 2.72 bits per heavy atom. The fourth-order valence-corrected chi connectivity index (χ4v) is 2.24. The number of benzene rings is 1. The van der Waals surface area contributed by atoms with E-state index in [2.05, 4.69) is 4.98 Å². The summed E-state index contributed by atoms with van der Waals surface area (Å²) in [5, 5.41) is 0.969. The van der Waals surface area contributed by atoms with E-state index in [1.54, 1.807) is 18.3 Å². The predicted molar refractivity (Wildman–Crippen MR) is 69.9 cm³/mol. The molecule has 18 heavy (non-hydrogen) atoms. The van der Waals surface area contributed by atoms with Gasteiger partial charge in [0.05, 0.1) is 5.56 Å². The van der Waals surface area contributed by atoms with Crippen LogP contribution in [0.4, 0.5) is 0 Å². The standard InChI is InChI=1S/C15H13NO2/c1-9-4-3-5-12-14(9)11(8-16-12)15(17)13-7-6-10(2)18-13/h3-8,16H,1-2H3. The third-order valence-electron chi connectivity index (χ3n) is 3.12. The van der Waals surface area contributed by atoms with Crippen molar-refractivity contribution in [3.63, 3.8) is 0 Å². The number of furan rings is 1. The van der Waals surface area contributed by atoms with Crippen LogP contribution in [0.3, 0.4) is 0 Å². The van der Waals surface area contributed by atoms with Crippen LogP contribution in [0.5, 0.6) is 0 Å². The molecule has 0 atom stereocenters. The van der Waals surface area contributed by atoms with E-state index in [1.165, 1.54) is 0 Å². The van der Waals surface area contributed by atoms with Gasteiger partial charge >= 0.3 is 0 Å². The average Bonchev–Trinajstić information content (AvgIpc) is 2.95. The van der Waals surface area contributed by atoms with Crippen molar-refractivity contribution in [3.05, 3.63) is 59.2 Å².